The van der Waals surface area contributed by atoms with Gasteiger partial charge < -0.3 is 0 Å². The molecule has 21 heavy (non-hydrogen) atoms. The van der Waals surface area contributed by atoms with Gasteiger partial charge in [-0.05, 0) is 35.2 Å². The van der Waals surface area contributed by atoms with Crippen LogP contribution in [0.1, 0.15) is 21.2 Å². The van der Waals surface area contributed by atoms with Gasteiger partial charge in [0.2, 0.25) is 6.41 Å². The Hall–Kier alpha value is -2.18. The molecule has 0 bridgehead atoms. The van der Waals surface area contributed by atoms with E-state index in [1.165, 1.54) is 11.3 Å². The summed E-state index contributed by atoms with van der Waals surface area (Å²) in [5, 5.41) is 3.28. The number of rotatable bonds is 4. The standard InChI is InChI=1S/C14H9ClN2O3S/c15-8-3-4-10-9(6-8)12(14(20)17(10)16-7-18)13(19)11-2-1-5-21-11/h1-7,12H,(H,16,18). The van der Waals surface area contributed by atoms with Crippen LogP contribution >= 0.6 is 22.9 Å². The van der Waals surface area contributed by atoms with Crippen LogP contribution < -0.4 is 10.4 Å². The number of anilines is 1. The van der Waals surface area contributed by atoms with E-state index in [4.69, 9.17) is 11.6 Å². The number of amides is 2. The molecule has 0 fully saturated rings. The third-order valence-electron chi connectivity index (χ3n) is 3.22. The highest BCUT2D eigenvalue weighted by Crippen LogP contribution is 2.40. The summed E-state index contributed by atoms with van der Waals surface area (Å²) in [7, 11) is 0. The highest BCUT2D eigenvalue weighted by molar-refractivity contribution is 7.12. The summed E-state index contributed by atoms with van der Waals surface area (Å²) in [5.74, 6) is -1.77. The van der Waals surface area contributed by atoms with Gasteiger partial charge in [0, 0.05) is 5.02 Å². The van der Waals surface area contributed by atoms with Crippen molar-refractivity contribution < 1.29 is 14.4 Å². The van der Waals surface area contributed by atoms with Crippen molar-refractivity contribution in [2.24, 2.45) is 0 Å². The smallest absolute Gasteiger partial charge is 0.261 e. The van der Waals surface area contributed by atoms with Crippen molar-refractivity contribution in [1.82, 2.24) is 5.43 Å². The van der Waals surface area contributed by atoms with E-state index in [2.05, 4.69) is 5.43 Å². The van der Waals surface area contributed by atoms with Crippen LogP contribution in [0.3, 0.4) is 0 Å². The Labute approximate surface area is 129 Å². The van der Waals surface area contributed by atoms with Crippen molar-refractivity contribution in [2.75, 3.05) is 5.01 Å². The number of halogens is 1. The van der Waals surface area contributed by atoms with E-state index in [0.29, 0.717) is 27.6 Å². The number of hydrogen-bond acceptors (Lipinski definition) is 4. The molecular formula is C14H9ClN2O3S. The van der Waals surface area contributed by atoms with Gasteiger partial charge in [0.25, 0.3) is 5.91 Å². The van der Waals surface area contributed by atoms with Gasteiger partial charge in [-0.25, -0.2) is 5.01 Å². The van der Waals surface area contributed by atoms with Crippen LogP contribution in [-0.2, 0) is 9.59 Å². The van der Waals surface area contributed by atoms with Gasteiger partial charge in [0.15, 0.2) is 5.78 Å². The van der Waals surface area contributed by atoms with Gasteiger partial charge in [-0.2, -0.15) is 0 Å². The minimum absolute atomic E-state index is 0.297. The van der Waals surface area contributed by atoms with Crippen molar-refractivity contribution in [3.05, 3.63) is 51.2 Å². The molecular weight excluding hydrogens is 312 g/mol. The zero-order valence-corrected chi connectivity index (χ0v) is 12.1. The fourth-order valence-electron chi connectivity index (χ4n) is 2.34. The lowest BCUT2D eigenvalue weighted by Crippen LogP contribution is -2.41. The number of benzene rings is 1. The van der Waals surface area contributed by atoms with Crippen molar-refractivity contribution in [3.63, 3.8) is 0 Å². The van der Waals surface area contributed by atoms with E-state index in [-0.39, 0.29) is 5.78 Å². The number of ketones is 1. The molecule has 1 aromatic carbocycles. The summed E-state index contributed by atoms with van der Waals surface area (Å²) in [6.07, 6.45) is 0.397. The number of thiophene rings is 1. The van der Waals surface area contributed by atoms with Crippen LogP contribution in [0.4, 0.5) is 5.69 Å². The Morgan fingerprint density at radius 3 is 2.86 bits per heavy atom. The molecule has 1 aromatic heterocycles. The number of nitrogens with zero attached hydrogens (tertiary/aromatic N) is 1. The lowest BCUT2D eigenvalue weighted by Gasteiger charge is -2.15. The minimum Gasteiger partial charge on any atom is -0.292 e. The summed E-state index contributed by atoms with van der Waals surface area (Å²) >= 11 is 7.23. The Morgan fingerprint density at radius 2 is 2.19 bits per heavy atom. The van der Waals surface area contributed by atoms with E-state index in [9.17, 15) is 14.4 Å². The highest BCUT2D eigenvalue weighted by Gasteiger charge is 2.42. The lowest BCUT2D eigenvalue weighted by atomic mass is 9.95. The van der Waals surface area contributed by atoms with Gasteiger partial charge >= 0.3 is 0 Å². The largest absolute Gasteiger partial charge is 0.292 e. The van der Waals surface area contributed by atoms with Crippen molar-refractivity contribution >= 4 is 46.7 Å². The summed E-state index contributed by atoms with van der Waals surface area (Å²) in [5.41, 5.74) is 3.28. The Bertz CT molecular complexity index is 730. The Kier molecular flexibility index (Phi) is 3.48. The lowest BCUT2D eigenvalue weighted by molar-refractivity contribution is -0.121. The number of nitrogens with one attached hydrogen (secondary N) is 1. The molecule has 2 aromatic rings. The molecule has 5 nitrogen and oxygen atoms in total. The number of carbonyl (C=O) groups excluding carboxylic acids is 3. The number of hydrogen-bond donors (Lipinski definition) is 1. The molecule has 1 aliphatic rings. The Balaban J connectivity index is 2.09. The van der Waals surface area contributed by atoms with Crippen LogP contribution in [0.25, 0.3) is 0 Å². The van der Waals surface area contributed by atoms with Gasteiger partial charge in [-0.1, -0.05) is 17.7 Å². The molecule has 3 rings (SSSR count). The van der Waals surface area contributed by atoms with Crippen LogP contribution in [0.15, 0.2) is 35.7 Å². The molecule has 7 heteroatoms. The van der Waals surface area contributed by atoms with Crippen LogP contribution in [0, 0.1) is 0 Å². The summed E-state index contributed by atoms with van der Waals surface area (Å²) in [6, 6.07) is 8.20. The Morgan fingerprint density at radius 1 is 1.38 bits per heavy atom. The molecule has 1 unspecified atom stereocenters. The maximum Gasteiger partial charge on any atom is 0.261 e. The fourth-order valence-corrected chi connectivity index (χ4v) is 3.22. The molecule has 1 N–H and O–H groups in total. The second kappa shape index (κ2) is 5.31. The fraction of sp³-hybridized carbons (Fsp3) is 0.0714. The molecule has 0 saturated heterocycles. The predicted octanol–water partition coefficient (Wildman–Crippen LogP) is 2.38. The minimum atomic E-state index is -0.982. The molecule has 106 valence electrons. The molecule has 1 aliphatic heterocycles. The highest BCUT2D eigenvalue weighted by atomic mass is 35.5. The molecule has 2 amide bonds. The number of hydrazine groups is 1. The third kappa shape index (κ3) is 2.22. The zero-order chi connectivity index (χ0) is 15.0. The van der Waals surface area contributed by atoms with E-state index < -0.39 is 11.8 Å². The van der Waals surface area contributed by atoms with E-state index in [1.54, 1.807) is 35.7 Å². The quantitative estimate of drug-likeness (QED) is 0.534. The van der Waals surface area contributed by atoms with Gasteiger partial charge in [0.1, 0.15) is 5.92 Å². The number of fused-ring (bicyclic) bond motifs is 1. The van der Waals surface area contributed by atoms with Crippen LogP contribution in [0.2, 0.25) is 5.02 Å². The summed E-state index contributed by atoms with van der Waals surface area (Å²) in [4.78, 5) is 36.2. The van der Waals surface area contributed by atoms with E-state index in [0.717, 1.165) is 5.01 Å². The van der Waals surface area contributed by atoms with E-state index >= 15 is 0 Å². The van der Waals surface area contributed by atoms with Crippen LogP contribution in [0.5, 0.6) is 0 Å². The topological polar surface area (TPSA) is 66.5 Å². The molecule has 0 spiro atoms. The number of carbonyl (C=O) groups is 3. The first-order chi connectivity index (χ1) is 10.1. The van der Waals surface area contributed by atoms with Gasteiger partial charge in [-0.3, -0.25) is 19.8 Å². The summed E-state index contributed by atoms with van der Waals surface area (Å²) in [6.45, 7) is 0. The van der Waals surface area contributed by atoms with Crippen LogP contribution in [-0.4, -0.2) is 18.1 Å². The second-order valence-corrected chi connectivity index (χ2v) is 5.78. The van der Waals surface area contributed by atoms with Crippen molar-refractivity contribution in [1.29, 1.82) is 0 Å². The van der Waals surface area contributed by atoms with Gasteiger partial charge in [-0.15, -0.1) is 11.3 Å². The maximum atomic E-state index is 12.5. The first-order valence-corrected chi connectivity index (χ1v) is 7.30. The molecule has 0 radical (unpaired) electrons. The van der Waals surface area contributed by atoms with E-state index in [1.807, 2.05) is 0 Å². The first kappa shape index (κ1) is 13.8. The maximum absolute atomic E-state index is 12.5. The second-order valence-electron chi connectivity index (χ2n) is 4.40. The average molecular weight is 321 g/mol. The number of Topliss-reactive ketones (excluding diaryl/α,β-unsaturated/α-hetero) is 1. The van der Waals surface area contributed by atoms with Gasteiger partial charge in [0.05, 0.1) is 10.6 Å². The predicted molar refractivity (Wildman–Crippen MR) is 79.5 cm³/mol. The monoisotopic (exact) mass is 320 g/mol. The normalized spacial score (nSPS) is 16.7. The van der Waals surface area contributed by atoms with Crippen molar-refractivity contribution in [2.45, 2.75) is 5.92 Å². The zero-order valence-electron chi connectivity index (χ0n) is 10.6. The molecule has 0 saturated carbocycles. The average Bonchev–Trinajstić information content (AvgIpc) is 3.07. The SMILES string of the molecule is O=CNN1C(=O)C(C(=O)c2cccs2)c2cc(Cl)ccc21. The first-order valence-electron chi connectivity index (χ1n) is 6.04. The van der Waals surface area contributed by atoms with Crippen molar-refractivity contribution in [3.8, 4) is 0 Å². The molecule has 2 heterocycles. The third-order valence-corrected chi connectivity index (χ3v) is 4.34. The molecule has 1 atom stereocenters. The molecule has 0 aliphatic carbocycles. The summed E-state index contributed by atoms with van der Waals surface area (Å²) < 4.78 is 0.